The van der Waals surface area contributed by atoms with Crippen molar-refractivity contribution in [2.45, 2.75) is 13.5 Å². The van der Waals surface area contributed by atoms with Crippen molar-refractivity contribution in [2.75, 3.05) is 0 Å². The first-order valence-electron chi connectivity index (χ1n) is 6.67. The van der Waals surface area contributed by atoms with Crippen LogP contribution in [0.3, 0.4) is 0 Å². The standard InChI is InChI=1S/C16H11BrF3NO3/c1-8(22)24-15-6-14(20)13(19)5-11(15)16(23)21-7-9-2-3-10(17)4-12(9)18/h2-6H,7H2,1H3,(H,21,23). The van der Waals surface area contributed by atoms with E-state index in [1.807, 2.05) is 0 Å². The van der Waals surface area contributed by atoms with Gasteiger partial charge in [0.2, 0.25) is 0 Å². The summed E-state index contributed by atoms with van der Waals surface area (Å²) in [4.78, 5) is 23.2. The highest BCUT2D eigenvalue weighted by Gasteiger charge is 2.19. The Morgan fingerprint density at radius 2 is 1.75 bits per heavy atom. The summed E-state index contributed by atoms with van der Waals surface area (Å²) in [5.41, 5.74) is -0.176. The minimum atomic E-state index is -1.27. The Bertz CT molecular complexity index is 811. The summed E-state index contributed by atoms with van der Waals surface area (Å²) in [6, 6.07) is 5.49. The number of ether oxygens (including phenoxy) is 1. The van der Waals surface area contributed by atoms with Gasteiger partial charge in [-0.2, -0.15) is 0 Å². The first kappa shape index (κ1) is 18.0. The van der Waals surface area contributed by atoms with Crippen LogP contribution in [0.15, 0.2) is 34.8 Å². The number of amides is 1. The number of hydrogen-bond acceptors (Lipinski definition) is 3. The molecule has 126 valence electrons. The quantitative estimate of drug-likeness (QED) is 0.627. The third kappa shape index (κ3) is 4.35. The summed E-state index contributed by atoms with van der Waals surface area (Å²) in [6.45, 7) is 0.872. The maximum Gasteiger partial charge on any atom is 0.308 e. The van der Waals surface area contributed by atoms with Gasteiger partial charge in [-0.1, -0.05) is 22.0 Å². The second-order valence-electron chi connectivity index (χ2n) is 4.77. The molecule has 1 N–H and O–H groups in total. The Kier molecular flexibility index (Phi) is 5.61. The van der Waals surface area contributed by atoms with E-state index in [2.05, 4.69) is 21.2 Å². The van der Waals surface area contributed by atoms with Gasteiger partial charge in [0.25, 0.3) is 5.91 Å². The summed E-state index contributed by atoms with van der Waals surface area (Å²) in [5.74, 6) is -5.14. The van der Waals surface area contributed by atoms with Gasteiger partial charge in [-0.05, 0) is 18.2 Å². The van der Waals surface area contributed by atoms with Crippen molar-refractivity contribution in [3.63, 3.8) is 0 Å². The molecule has 0 atom stereocenters. The fourth-order valence-electron chi connectivity index (χ4n) is 1.88. The van der Waals surface area contributed by atoms with Crippen molar-refractivity contribution >= 4 is 27.8 Å². The lowest BCUT2D eigenvalue weighted by atomic mass is 10.1. The molecule has 0 heterocycles. The third-order valence-electron chi connectivity index (χ3n) is 2.98. The Hall–Kier alpha value is -2.35. The molecule has 2 aromatic rings. The molecule has 0 unspecified atom stereocenters. The van der Waals surface area contributed by atoms with Gasteiger partial charge in [0.1, 0.15) is 11.6 Å². The Morgan fingerprint density at radius 3 is 2.38 bits per heavy atom. The van der Waals surface area contributed by atoms with Crippen LogP contribution in [0, 0.1) is 17.5 Å². The van der Waals surface area contributed by atoms with Crippen LogP contribution in [0.4, 0.5) is 13.2 Å². The normalized spacial score (nSPS) is 10.4. The van der Waals surface area contributed by atoms with Gasteiger partial charge in [0, 0.05) is 29.6 Å². The third-order valence-corrected chi connectivity index (χ3v) is 3.47. The van der Waals surface area contributed by atoms with Gasteiger partial charge in [-0.15, -0.1) is 0 Å². The first-order chi connectivity index (χ1) is 11.3. The molecule has 0 saturated heterocycles. The molecule has 0 bridgehead atoms. The molecule has 2 aromatic carbocycles. The lowest BCUT2D eigenvalue weighted by Crippen LogP contribution is -2.24. The van der Waals surface area contributed by atoms with Crippen LogP contribution in [0.25, 0.3) is 0 Å². The molecule has 0 aliphatic heterocycles. The van der Waals surface area contributed by atoms with Gasteiger partial charge in [0.15, 0.2) is 11.6 Å². The predicted octanol–water partition coefficient (Wildman–Crippen LogP) is 3.72. The molecule has 24 heavy (non-hydrogen) atoms. The second kappa shape index (κ2) is 7.48. The van der Waals surface area contributed by atoms with E-state index in [1.54, 1.807) is 6.07 Å². The molecule has 0 aliphatic carbocycles. The Labute approximate surface area is 143 Å². The molecule has 4 nitrogen and oxygen atoms in total. The van der Waals surface area contributed by atoms with Crippen LogP contribution in [0.5, 0.6) is 5.75 Å². The van der Waals surface area contributed by atoms with Crippen LogP contribution < -0.4 is 10.1 Å². The summed E-state index contributed by atoms with van der Waals surface area (Å²) in [7, 11) is 0. The van der Waals surface area contributed by atoms with Crippen molar-refractivity contribution in [1.82, 2.24) is 5.32 Å². The van der Waals surface area contributed by atoms with Crippen molar-refractivity contribution in [1.29, 1.82) is 0 Å². The van der Waals surface area contributed by atoms with Crippen molar-refractivity contribution < 1.29 is 27.5 Å². The smallest absolute Gasteiger partial charge is 0.308 e. The molecule has 0 saturated carbocycles. The fourth-order valence-corrected chi connectivity index (χ4v) is 2.21. The fraction of sp³-hybridized carbons (Fsp3) is 0.125. The topological polar surface area (TPSA) is 55.4 Å². The van der Waals surface area contributed by atoms with E-state index in [4.69, 9.17) is 4.74 Å². The molecule has 0 radical (unpaired) electrons. The summed E-state index contributed by atoms with van der Waals surface area (Å²) in [6.07, 6.45) is 0. The van der Waals surface area contributed by atoms with E-state index in [0.717, 1.165) is 6.92 Å². The van der Waals surface area contributed by atoms with E-state index < -0.39 is 35.1 Å². The average molecular weight is 402 g/mol. The molecule has 2 rings (SSSR count). The maximum atomic E-state index is 13.7. The van der Waals surface area contributed by atoms with E-state index in [-0.39, 0.29) is 17.7 Å². The Morgan fingerprint density at radius 1 is 1.08 bits per heavy atom. The molecular weight excluding hydrogens is 391 g/mol. The van der Waals surface area contributed by atoms with Gasteiger partial charge in [0.05, 0.1) is 5.56 Å². The highest BCUT2D eigenvalue weighted by molar-refractivity contribution is 9.10. The van der Waals surface area contributed by atoms with Gasteiger partial charge < -0.3 is 10.1 Å². The van der Waals surface area contributed by atoms with E-state index >= 15 is 0 Å². The van der Waals surface area contributed by atoms with Gasteiger partial charge >= 0.3 is 5.97 Å². The van der Waals surface area contributed by atoms with E-state index in [9.17, 15) is 22.8 Å². The van der Waals surface area contributed by atoms with Gasteiger partial charge in [-0.3, -0.25) is 9.59 Å². The zero-order valence-electron chi connectivity index (χ0n) is 12.3. The van der Waals surface area contributed by atoms with E-state index in [0.29, 0.717) is 16.6 Å². The molecule has 0 fully saturated rings. The lowest BCUT2D eigenvalue weighted by molar-refractivity contribution is -0.131. The van der Waals surface area contributed by atoms with Crippen LogP contribution in [-0.4, -0.2) is 11.9 Å². The molecule has 1 amide bonds. The monoisotopic (exact) mass is 401 g/mol. The maximum absolute atomic E-state index is 13.7. The lowest BCUT2D eigenvalue weighted by Gasteiger charge is -2.11. The van der Waals surface area contributed by atoms with Crippen LogP contribution in [0.1, 0.15) is 22.8 Å². The predicted molar refractivity (Wildman–Crippen MR) is 82.9 cm³/mol. The van der Waals surface area contributed by atoms with E-state index in [1.165, 1.54) is 12.1 Å². The number of halogens is 4. The number of esters is 1. The zero-order chi connectivity index (χ0) is 17.9. The molecular formula is C16H11BrF3NO3. The minimum Gasteiger partial charge on any atom is -0.426 e. The average Bonchev–Trinajstić information content (AvgIpc) is 2.49. The number of carbonyl (C=O) groups excluding carboxylic acids is 2. The number of carbonyl (C=O) groups is 2. The Balaban J connectivity index is 2.22. The number of rotatable bonds is 4. The van der Waals surface area contributed by atoms with Crippen LogP contribution >= 0.6 is 15.9 Å². The number of nitrogens with one attached hydrogen (secondary N) is 1. The highest BCUT2D eigenvalue weighted by atomic mass is 79.9. The molecule has 0 aliphatic rings. The van der Waals surface area contributed by atoms with Gasteiger partial charge in [-0.25, -0.2) is 13.2 Å². The van der Waals surface area contributed by atoms with Crippen molar-refractivity contribution in [3.05, 3.63) is 63.4 Å². The highest BCUT2D eigenvalue weighted by Crippen LogP contribution is 2.23. The largest absolute Gasteiger partial charge is 0.426 e. The number of hydrogen-bond donors (Lipinski definition) is 1. The zero-order valence-corrected chi connectivity index (χ0v) is 13.9. The van der Waals surface area contributed by atoms with Crippen molar-refractivity contribution in [2.24, 2.45) is 0 Å². The second-order valence-corrected chi connectivity index (χ2v) is 5.69. The first-order valence-corrected chi connectivity index (χ1v) is 7.47. The summed E-state index contributed by atoms with van der Waals surface area (Å²) >= 11 is 3.11. The van der Waals surface area contributed by atoms with Crippen molar-refractivity contribution in [3.8, 4) is 5.75 Å². The SMILES string of the molecule is CC(=O)Oc1cc(F)c(F)cc1C(=O)NCc1ccc(Br)cc1F. The molecule has 0 aromatic heterocycles. The minimum absolute atomic E-state index is 0.184. The molecule has 0 spiro atoms. The van der Waals surface area contributed by atoms with Crippen LogP contribution in [0.2, 0.25) is 0 Å². The number of benzene rings is 2. The summed E-state index contributed by atoms with van der Waals surface area (Å²) in [5, 5.41) is 2.36. The van der Waals surface area contributed by atoms with Crippen LogP contribution in [-0.2, 0) is 11.3 Å². The molecule has 8 heteroatoms. The summed E-state index contributed by atoms with van der Waals surface area (Å²) < 4.78 is 45.6.